The molecule has 2 atom stereocenters. The van der Waals surface area contributed by atoms with Crippen LogP contribution in [0.5, 0.6) is 0 Å². The zero-order chi connectivity index (χ0) is 9.84. The van der Waals surface area contributed by atoms with Crippen molar-refractivity contribution >= 4 is 17.7 Å². The number of likely N-dealkylation sites (tertiary alicyclic amines) is 1. The van der Waals surface area contributed by atoms with Gasteiger partial charge in [-0.25, -0.2) is 4.39 Å². The van der Waals surface area contributed by atoms with Crippen LogP contribution in [0.1, 0.15) is 19.8 Å². The fraction of sp³-hybridized carbons (Fsp3) is 0.889. The number of thioether (sulfide) groups is 1. The van der Waals surface area contributed by atoms with Crippen LogP contribution >= 0.6 is 11.8 Å². The van der Waals surface area contributed by atoms with Gasteiger partial charge in [-0.15, -0.1) is 0 Å². The second-order valence-electron chi connectivity index (χ2n) is 3.45. The van der Waals surface area contributed by atoms with Gasteiger partial charge >= 0.3 is 0 Å². The molecule has 1 aliphatic rings. The molecule has 1 rings (SSSR count). The number of halogens is 1. The predicted molar refractivity (Wildman–Crippen MR) is 53.7 cm³/mol. The molecule has 0 aromatic carbocycles. The Bertz CT molecular complexity index is 188. The Hall–Kier alpha value is -0.250. The summed E-state index contributed by atoms with van der Waals surface area (Å²) in [5.41, 5.74) is 0. The highest BCUT2D eigenvalue weighted by molar-refractivity contribution is 7.99. The average Bonchev–Trinajstić information content (AvgIpc) is 2.16. The van der Waals surface area contributed by atoms with Crippen molar-refractivity contribution in [1.82, 2.24) is 4.90 Å². The third-order valence-corrected chi connectivity index (χ3v) is 3.69. The van der Waals surface area contributed by atoms with Crippen LogP contribution in [0, 0.1) is 0 Å². The second-order valence-corrected chi connectivity index (χ2v) is 4.59. The summed E-state index contributed by atoms with van der Waals surface area (Å²) < 4.78 is 12.1. The minimum atomic E-state index is -0.853. The Morgan fingerprint density at radius 2 is 2.38 bits per heavy atom. The zero-order valence-electron chi connectivity index (χ0n) is 8.12. The first kappa shape index (κ1) is 10.8. The highest BCUT2D eigenvalue weighted by Crippen LogP contribution is 2.25. The van der Waals surface area contributed by atoms with Gasteiger partial charge in [0.15, 0.2) is 6.67 Å². The third-order valence-electron chi connectivity index (χ3n) is 2.60. The number of hydrogen-bond donors (Lipinski definition) is 0. The van der Waals surface area contributed by atoms with Crippen molar-refractivity contribution in [2.75, 3.05) is 19.5 Å². The minimum absolute atomic E-state index is 0.203. The van der Waals surface area contributed by atoms with Crippen LogP contribution in [-0.2, 0) is 4.79 Å². The van der Waals surface area contributed by atoms with Gasteiger partial charge in [-0.05, 0) is 26.0 Å². The number of nitrogens with zero attached hydrogens (tertiary/aromatic N) is 1. The molecule has 1 saturated heterocycles. The number of amides is 1. The number of hydrogen-bond acceptors (Lipinski definition) is 2. The van der Waals surface area contributed by atoms with Crippen LogP contribution in [0.2, 0.25) is 0 Å². The molecule has 1 fully saturated rings. The van der Waals surface area contributed by atoms with E-state index in [4.69, 9.17) is 0 Å². The summed E-state index contributed by atoms with van der Waals surface area (Å²) in [7, 11) is 0. The molecule has 1 unspecified atom stereocenters. The molecule has 1 amide bonds. The van der Waals surface area contributed by atoms with Crippen LogP contribution in [0.25, 0.3) is 0 Å². The van der Waals surface area contributed by atoms with E-state index in [1.165, 1.54) is 0 Å². The van der Waals surface area contributed by atoms with Crippen molar-refractivity contribution in [3.05, 3.63) is 0 Å². The molecule has 2 nitrogen and oxygen atoms in total. The van der Waals surface area contributed by atoms with Gasteiger partial charge in [0.05, 0.1) is 0 Å². The van der Waals surface area contributed by atoms with E-state index >= 15 is 0 Å². The molecule has 0 saturated carbocycles. The summed E-state index contributed by atoms with van der Waals surface area (Å²) in [6.07, 6.45) is 4.08. The molecule has 0 N–H and O–H groups in total. The smallest absolute Gasteiger partial charge is 0.254 e. The van der Waals surface area contributed by atoms with Crippen LogP contribution in [0.15, 0.2) is 0 Å². The maximum Gasteiger partial charge on any atom is 0.254 e. The van der Waals surface area contributed by atoms with E-state index in [9.17, 15) is 9.18 Å². The highest BCUT2D eigenvalue weighted by Gasteiger charge is 2.27. The molecule has 0 aromatic rings. The largest absolute Gasteiger partial charge is 0.338 e. The van der Waals surface area contributed by atoms with Gasteiger partial charge < -0.3 is 4.90 Å². The maximum absolute atomic E-state index is 12.1. The second kappa shape index (κ2) is 4.84. The van der Waals surface area contributed by atoms with Crippen molar-refractivity contribution in [2.45, 2.75) is 31.1 Å². The van der Waals surface area contributed by atoms with E-state index in [2.05, 4.69) is 6.26 Å². The fourth-order valence-electron chi connectivity index (χ4n) is 1.79. The normalized spacial score (nSPS) is 29.0. The maximum atomic E-state index is 12.1. The van der Waals surface area contributed by atoms with Crippen molar-refractivity contribution in [1.29, 1.82) is 0 Å². The summed E-state index contributed by atoms with van der Waals surface area (Å²) in [6.45, 7) is 1.86. The number of alkyl halides is 1. The lowest BCUT2D eigenvalue weighted by molar-refractivity contribution is -0.135. The first-order valence-corrected chi connectivity index (χ1v) is 5.86. The Morgan fingerprint density at radius 3 is 2.85 bits per heavy atom. The summed E-state index contributed by atoms with van der Waals surface area (Å²) >= 11 is 1.84. The average molecular weight is 205 g/mol. The molecule has 13 heavy (non-hydrogen) atoms. The Morgan fingerprint density at radius 1 is 1.69 bits per heavy atom. The first-order valence-electron chi connectivity index (χ1n) is 4.57. The standard InChI is InChI=1S/C9H16FNOS/c1-7-5-8(13-2)3-4-11(7)9(12)6-10/h7-8H,3-6H2,1-2H3/t7-,8?/m1/s1. The molecule has 0 spiro atoms. The molecule has 0 bridgehead atoms. The molecule has 0 radical (unpaired) electrons. The van der Waals surface area contributed by atoms with Gasteiger partial charge in [0.1, 0.15) is 0 Å². The molecule has 76 valence electrons. The van der Waals surface area contributed by atoms with E-state index in [1.807, 2.05) is 18.7 Å². The van der Waals surface area contributed by atoms with E-state index in [1.54, 1.807) is 4.90 Å². The number of piperidine rings is 1. The summed E-state index contributed by atoms with van der Waals surface area (Å²) in [4.78, 5) is 12.8. The van der Waals surface area contributed by atoms with E-state index in [0.717, 1.165) is 19.4 Å². The number of carbonyl (C=O) groups excluding carboxylic acids is 1. The van der Waals surface area contributed by atoms with Gasteiger partial charge in [0, 0.05) is 17.8 Å². The lowest BCUT2D eigenvalue weighted by Crippen LogP contribution is -2.46. The van der Waals surface area contributed by atoms with Gasteiger partial charge in [-0.2, -0.15) is 11.8 Å². The molecular formula is C9H16FNOS. The van der Waals surface area contributed by atoms with Crippen LogP contribution in [-0.4, -0.2) is 41.6 Å². The molecular weight excluding hydrogens is 189 g/mol. The SMILES string of the molecule is CSC1CCN(C(=O)CF)[C@H](C)C1. The zero-order valence-corrected chi connectivity index (χ0v) is 8.94. The Kier molecular flexibility index (Phi) is 4.03. The van der Waals surface area contributed by atoms with E-state index in [-0.39, 0.29) is 11.9 Å². The molecule has 4 heteroatoms. The lowest BCUT2D eigenvalue weighted by Gasteiger charge is -2.36. The molecule has 0 aromatic heterocycles. The highest BCUT2D eigenvalue weighted by atomic mass is 32.2. The predicted octanol–water partition coefficient (Wildman–Crippen LogP) is 1.70. The van der Waals surface area contributed by atoms with Gasteiger partial charge in [0.2, 0.25) is 0 Å². The van der Waals surface area contributed by atoms with E-state index < -0.39 is 6.67 Å². The molecule has 1 heterocycles. The van der Waals surface area contributed by atoms with Crippen molar-refractivity contribution in [3.63, 3.8) is 0 Å². The number of carbonyl (C=O) groups is 1. The topological polar surface area (TPSA) is 20.3 Å². The quantitative estimate of drug-likeness (QED) is 0.684. The van der Waals surface area contributed by atoms with E-state index in [0.29, 0.717) is 5.25 Å². The lowest BCUT2D eigenvalue weighted by atomic mass is 10.0. The van der Waals surface area contributed by atoms with Crippen molar-refractivity contribution < 1.29 is 9.18 Å². The van der Waals surface area contributed by atoms with Gasteiger partial charge in [0.25, 0.3) is 5.91 Å². The van der Waals surface area contributed by atoms with Gasteiger partial charge in [-0.1, -0.05) is 0 Å². The fourth-order valence-corrected chi connectivity index (χ4v) is 2.60. The summed E-state index contributed by atoms with van der Waals surface area (Å²) in [5, 5.41) is 0.638. The monoisotopic (exact) mass is 205 g/mol. The van der Waals surface area contributed by atoms with Crippen molar-refractivity contribution in [3.8, 4) is 0 Å². The number of rotatable bonds is 2. The third kappa shape index (κ3) is 2.59. The molecule has 1 aliphatic heterocycles. The summed E-state index contributed by atoms with van der Waals surface area (Å²) in [5.74, 6) is -0.355. The van der Waals surface area contributed by atoms with Crippen molar-refractivity contribution in [2.24, 2.45) is 0 Å². The Labute approximate surface area is 82.9 Å². The van der Waals surface area contributed by atoms with Crippen LogP contribution in [0.3, 0.4) is 0 Å². The summed E-state index contributed by atoms with van der Waals surface area (Å²) in [6, 6.07) is 0.203. The van der Waals surface area contributed by atoms with Gasteiger partial charge in [-0.3, -0.25) is 4.79 Å². The van der Waals surface area contributed by atoms with Crippen LogP contribution in [0.4, 0.5) is 4.39 Å². The Balaban J connectivity index is 2.48. The first-order chi connectivity index (χ1) is 6.19. The minimum Gasteiger partial charge on any atom is -0.338 e. The molecule has 0 aliphatic carbocycles. The van der Waals surface area contributed by atoms with Crippen LogP contribution < -0.4 is 0 Å².